The highest BCUT2D eigenvalue weighted by atomic mass is 32.2. The van der Waals surface area contributed by atoms with Crippen molar-refractivity contribution in [1.29, 1.82) is 0 Å². The van der Waals surface area contributed by atoms with Crippen LogP contribution in [0.1, 0.15) is 0 Å². The molecule has 0 saturated heterocycles. The lowest BCUT2D eigenvalue weighted by Gasteiger charge is -2.12. The van der Waals surface area contributed by atoms with Crippen molar-refractivity contribution in [2.45, 2.75) is 4.90 Å². The first-order chi connectivity index (χ1) is 14.1. The van der Waals surface area contributed by atoms with Crippen molar-refractivity contribution in [3.8, 4) is 22.9 Å². The summed E-state index contributed by atoms with van der Waals surface area (Å²) < 4.78 is 28.6. The topological polar surface area (TPSA) is 99.0 Å². The third kappa shape index (κ3) is 4.41. The number of tetrazole rings is 1. The van der Waals surface area contributed by atoms with Crippen LogP contribution in [0.4, 0.5) is 11.4 Å². The van der Waals surface area contributed by atoms with E-state index in [2.05, 4.69) is 20.7 Å². The number of rotatable bonds is 6. The van der Waals surface area contributed by atoms with Gasteiger partial charge >= 0.3 is 0 Å². The highest BCUT2D eigenvalue weighted by Crippen LogP contribution is 2.30. The van der Waals surface area contributed by atoms with E-state index in [9.17, 15) is 8.42 Å². The Morgan fingerprint density at radius 3 is 2.31 bits per heavy atom. The predicted molar refractivity (Wildman–Crippen MR) is 109 cm³/mol. The molecule has 0 fully saturated rings. The Morgan fingerprint density at radius 2 is 1.66 bits per heavy atom. The maximum Gasteiger partial charge on any atom is 0.207 e. The Hall–Kier alpha value is -3.72. The molecular weight excluding hydrogens is 390 g/mol. The second-order valence-electron chi connectivity index (χ2n) is 6.15. The summed E-state index contributed by atoms with van der Waals surface area (Å²) in [7, 11) is -1.08. The van der Waals surface area contributed by atoms with E-state index in [1.54, 1.807) is 13.1 Å². The minimum Gasteiger partial charge on any atom is -0.457 e. The molecule has 0 aliphatic heterocycles. The second-order valence-corrected chi connectivity index (χ2v) is 7.18. The quantitative estimate of drug-likeness (QED) is 0.473. The Balaban J connectivity index is 1.60. The molecule has 0 atom stereocenters. The zero-order chi connectivity index (χ0) is 20.2. The Bertz CT molecular complexity index is 1200. The van der Waals surface area contributed by atoms with Crippen LogP contribution in [0.25, 0.3) is 11.4 Å². The molecule has 8 nitrogen and oxygen atoms in total. The maximum absolute atomic E-state index is 11.4. The fraction of sp³-hybridized carbons (Fsp3) is 0.0500. The fourth-order valence-electron chi connectivity index (χ4n) is 2.72. The van der Waals surface area contributed by atoms with E-state index in [1.165, 1.54) is 16.9 Å². The van der Waals surface area contributed by atoms with Crippen molar-refractivity contribution in [2.24, 2.45) is 7.05 Å². The van der Waals surface area contributed by atoms with Crippen LogP contribution >= 0.6 is 0 Å². The molecule has 1 aromatic heterocycles. The lowest BCUT2D eigenvalue weighted by molar-refractivity contribution is 0.483. The van der Waals surface area contributed by atoms with Gasteiger partial charge in [0.2, 0.25) is 5.82 Å². The predicted octanol–water partition coefficient (Wildman–Crippen LogP) is 3.38. The van der Waals surface area contributed by atoms with E-state index in [1.807, 2.05) is 54.6 Å². The first-order valence-corrected chi connectivity index (χ1v) is 9.89. The molecule has 0 radical (unpaired) electrons. The Labute approximate surface area is 168 Å². The van der Waals surface area contributed by atoms with Gasteiger partial charge in [-0.3, -0.25) is 0 Å². The van der Waals surface area contributed by atoms with Crippen molar-refractivity contribution in [2.75, 3.05) is 5.32 Å². The molecule has 0 spiro atoms. The molecule has 0 aliphatic rings. The lowest BCUT2D eigenvalue weighted by Crippen LogP contribution is -1.97. The van der Waals surface area contributed by atoms with Crippen LogP contribution in [0.2, 0.25) is 0 Å². The number of thiol groups is 1. The lowest BCUT2D eigenvalue weighted by atomic mass is 10.1. The number of hydrogen-bond donors (Lipinski definition) is 2. The number of benzene rings is 3. The number of aryl methyl sites for hydroxylation is 1. The van der Waals surface area contributed by atoms with Crippen LogP contribution in [-0.4, -0.2) is 28.6 Å². The van der Waals surface area contributed by atoms with E-state index < -0.39 is 10.7 Å². The average Bonchev–Trinajstić information content (AvgIpc) is 3.16. The van der Waals surface area contributed by atoms with Gasteiger partial charge in [-0.15, -0.1) is 10.2 Å². The number of ether oxygens (including phenoxy) is 1. The fourth-order valence-corrected chi connectivity index (χ4v) is 3.15. The van der Waals surface area contributed by atoms with Crippen LogP contribution in [0.5, 0.6) is 11.5 Å². The molecule has 0 unspecified atom stereocenters. The van der Waals surface area contributed by atoms with E-state index in [0.717, 1.165) is 11.4 Å². The number of para-hydroxylation sites is 1. The van der Waals surface area contributed by atoms with E-state index in [-0.39, 0.29) is 4.90 Å². The van der Waals surface area contributed by atoms with Crippen LogP contribution in [0, 0.1) is 0 Å². The SMILES string of the molecule is Cn1nnc(-c2cc([SH](=O)=O)ccc2Nc2ccc(Oc3ccccc3)cc2)n1. The molecule has 4 rings (SSSR count). The van der Waals surface area contributed by atoms with Crippen LogP contribution < -0.4 is 10.1 Å². The Kier molecular flexibility index (Phi) is 5.21. The van der Waals surface area contributed by atoms with Crippen LogP contribution in [-0.2, 0) is 17.8 Å². The summed E-state index contributed by atoms with van der Waals surface area (Å²) in [5, 5.41) is 15.3. The number of nitrogens with zero attached hydrogens (tertiary/aromatic N) is 4. The third-order valence-corrected chi connectivity index (χ3v) is 4.78. The summed E-state index contributed by atoms with van der Waals surface area (Å²) in [6.45, 7) is 0. The van der Waals surface area contributed by atoms with Gasteiger partial charge in [0.1, 0.15) is 11.5 Å². The molecule has 0 bridgehead atoms. The molecule has 0 aliphatic carbocycles. The van der Waals surface area contributed by atoms with Crippen molar-refractivity contribution in [1.82, 2.24) is 20.2 Å². The first kappa shape index (κ1) is 18.6. The summed E-state index contributed by atoms with van der Waals surface area (Å²) >= 11 is 0. The maximum atomic E-state index is 11.4. The average molecular weight is 407 g/mol. The highest BCUT2D eigenvalue weighted by molar-refractivity contribution is 7.72. The van der Waals surface area contributed by atoms with Crippen LogP contribution in [0.15, 0.2) is 77.7 Å². The van der Waals surface area contributed by atoms with Gasteiger partial charge < -0.3 is 10.1 Å². The van der Waals surface area contributed by atoms with Gasteiger partial charge in [0.15, 0.2) is 10.7 Å². The summed E-state index contributed by atoms with van der Waals surface area (Å²) in [6.07, 6.45) is 0. The van der Waals surface area contributed by atoms with Crippen LogP contribution in [0.3, 0.4) is 0 Å². The van der Waals surface area contributed by atoms with Gasteiger partial charge in [0.25, 0.3) is 0 Å². The molecule has 0 amide bonds. The van der Waals surface area contributed by atoms with Gasteiger partial charge in [-0.05, 0) is 59.8 Å². The minimum absolute atomic E-state index is 0.180. The molecule has 0 saturated carbocycles. The molecule has 9 heteroatoms. The summed E-state index contributed by atoms with van der Waals surface area (Å²) in [5.41, 5.74) is 2.00. The number of anilines is 2. The molecule has 146 valence electrons. The smallest absolute Gasteiger partial charge is 0.207 e. The molecule has 3 aromatic carbocycles. The number of aromatic nitrogens is 4. The number of nitrogens with one attached hydrogen (secondary N) is 1. The summed E-state index contributed by atoms with van der Waals surface area (Å²) in [6, 6.07) is 21.7. The van der Waals surface area contributed by atoms with Crippen molar-refractivity contribution >= 4 is 22.1 Å². The van der Waals surface area contributed by atoms with Gasteiger partial charge in [0, 0.05) is 16.9 Å². The first-order valence-electron chi connectivity index (χ1n) is 8.71. The zero-order valence-corrected chi connectivity index (χ0v) is 16.3. The standard InChI is InChI=1S/C20H17N5O3S/c1-25-23-20(22-24-25)18-13-17(29(26)27)11-12-19(18)21-14-7-9-16(10-8-14)28-15-5-3-2-4-6-15/h2-13,21,29H,1H3. The van der Waals surface area contributed by atoms with Gasteiger partial charge in [-0.2, -0.15) is 4.80 Å². The van der Waals surface area contributed by atoms with E-state index in [4.69, 9.17) is 4.74 Å². The molecule has 29 heavy (non-hydrogen) atoms. The largest absolute Gasteiger partial charge is 0.457 e. The zero-order valence-electron chi connectivity index (χ0n) is 15.4. The van der Waals surface area contributed by atoms with Crippen molar-refractivity contribution in [3.05, 3.63) is 72.8 Å². The summed E-state index contributed by atoms with van der Waals surface area (Å²) in [5.74, 6) is 1.79. The van der Waals surface area contributed by atoms with Crippen molar-refractivity contribution in [3.63, 3.8) is 0 Å². The Morgan fingerprint density at radius 1 is 0.931 bits per heavy atom. The van der Waals surface area contributed by atoms with E-state index >= 15 is 0 Å². The monoisotopic (exact) mass is 407 g/mol. The van der Waals surface area contributed by atoms with Gasteiger partial charge in [-0.25, -0.2) is 8.42 Å². The summed E-state index contributed by atoms with van der Waals surface area (Å²) in [4.78, 5) is 1.50. The normalized spacial score (nSPS) is 10.8. The molecule has 1 N–H and O–H groups in total. The van der Waals surface area contributed by atoms with Gasteiger partial charge in [-0.1, -0.05) is 18.2 Å². The number of hydrogen-bond acceptors (Lipinski definition) is 7. The van der Waals surface area contributed by atoms with Gasteiger partial charge in [0.05, 0.1) is 11.9 Å². The molecule has 1 heterocycles. The molecule has 4 aromatic rings. The molecular formula is C20H17N5O3S. The van der Waals surface area contributed by atoms with E-state index in [0.29, 0.717) is 22.8 Å². The minimum atomic E-state index is -2.72. The highest BCUT2D eigenvalue weighted by Gasteiger charge is 2.13. The second kappa shape index (κ2) is 8.11. The van der Waals surface area contributed by atoms with Crippen molar-refractivity contribution < 1.29 is 13.2 Å². The third-order valence-electron chi connectivity index (χ3n) is 4.08.